The first-order valence-electron chi connectivity index (χ1n) is 9.81. The molecule has 0 spiro atoms. The van der Waals surface area contributed by atoms with Gasteiger partial charge in [0, 0.05) is 41.4 Å². The highest BCUT2D eigenvalue weighted by Gasteiger charge is 2.24. The summed E-state index contributed by atoms with van der Waals surface area (Å²) in [7, 11) is 0. The molecule has 1 aromatic heterocycles. The monoisotopic (exact) mass is 369 g/mol. The van der Waals surface area contributed by atoms with Gasteiger partial charge in [0.05, 0.1) is 18.8 Å². The molecule has 0 amide bonds. The van der Waals surface area contributed by atoms with Gasteiger partial charge in [-0.3, -0.25) is 9.69 Å². The maximum absolute atomic E-state index is 12.9. The topological polar surface area (TPSA) is 60.5 Å². The quantitative estimate of drug-likeness (QED) is 0.622. The number of aromatic nitrogens is 1. The van der Waals surface area contributed by atoms with E-state index in [0.29, 0.717) is 12.6 Å². The predicted molar refractivity (Wildman–Crippen MR) is 110 cm³/mol. The Bertz CT molecular complexity index is 785. The summed E-state index contributed by atoms with van der Waals surface area (Å²) < 4.78 is 8.02. The van der Waals surface area contributed by atoms with E-state index in [1.54, 1.807) is 0 Å². The molecule has 1 aliphatic rings. The van der Waals surface area contributed by atoms with Crippen LogP contribution < -0.4 is 5.73 Å². The molecule has 0 radical (unpaired) electrons. The Balaban J connectivity index is 1.68. The molecular formula is C22H31N3O2. The maximum Gasteiger partial charge on any atom is 0.178 e. The Labute approximate surface area is 162 Å². The lowest BCUT2D eigenvalue weighted by atomic mass is 10.1. The summed E-state index contributed by atoms with van der Waals surface area (Å²) in [6.45, 7) is 10.5. The average molecular weight is 370 g/mol. The van der Waals surface area contributed by atoms with Crippen LogP contribution in [-0.2, 0) is 4.74 Å². The number of carbonyl (C=O) groups excluding carboxylic acids is 1. The van der Waals surface area contributed by atoms with E-state index in [9.17, 15) is 4.79 Å². The van der Waals surface area contributed by atoms with Crippen molar-refractivity contribution < 1.29 is 9.53 Å². The number of nitrogen functional groups attached to an aromatic ring is 1. The number of nitrogens with zero attached hydrogens (tertiary/aromatic N) is 2. The van der Waals surface area contributed by atoms with Crippen molar-refractivity contribution >= 4 is 11.5 Å². The third kappa shape index (κ3) is 4.60. The molecule has 5 heteroatoms. The van der Waals surface area contributed by atoms with Gasteiger partial charge in [0.2, 0.25) is 0 Å². The summed E-state index contributed by atoms with van der Waals surface area (Å²) in [5.74, 6) is 0.188. The molecule has 2 N–H and O–H groups in total. The van der Waals surface area contributed by atoms with Crippen molar-refractivity contribution in [2.24, 2.45) is 0 Å². The van der Waals surface area contributed by atoms with Gasteiger partial charge in [-0.25, -0.2) is 0 Å². The molecule has 146 valence electrons. The van der Waals surface area contributed by atoms with Crippen molar-refractivity contribution in [2.75, 3.05) is 25.4 Å². The second kappa shape index (κ2) is 8.28. The number of carbonyl (C=O) groups is 1. The smallest absolute Gasteiger partial charge is 0.178 e. The van der Waals surface area contributed by atoms with Crippen LogP contribution in [0.15, 0.2) is 30.3 Å². The molecule has 1 aliphatic heterocycles. The van der Waals surface area contributed by atoms with Crippen LogP contribution in [0.4, 0.5) is 5.69 Å². The van der Waals surface area contributed by atoms with Gasteiger partial charge in [-0.2, -0.15) is 0 Å². The molecule has 0 aliphatic carbocycles. The molecule has 0 saturated carbocycles. The molecular weight excluding hydrogens is 338 g/mol. The number of hydrogen-bond acceptors (Lipinski definition) is 4. The Morgan fingerprint density at radius 2 is 1.81 bits per heavy atom. The van der Waals surface area contributed by atoms with Crippen molar-refractivity contribution in [3.8, 4) is 5.69 Å². The van der Waals surface area contributed by atoms with Gasteiger partial charge in [-0.15, -0.1) is 0 Å². The third-order valence-corrected chi connectivity index (χ3v) is 5.25. The number of piperidine rings is 1. The van der Waals surface area contributed by atoms with Crippen LogP contribution in [-0.4, -0.2) is 47.1 Å². The predicted octanol–water partition coefficient (Wildman–Crippen LogP) is 3.75. The summed E-state index contributed by atoms with van der Waals surface area (Å²) in [6, 6.07) is 9.76. The van der Waals surface area contributed by atoms with Gasteiger partial charge in [0.25, 0.3) is 0 Å². The number of likely N-dealkylation sites (tertiary alicyclic amines) is 1. The highest BCUT2D eigenvalue weighted by Crippen LogP contribution is 2.23. The van der Waals surface area contributed by atoms with Crippen molar-refractivity contribution in [3.05, 3.63) is 47.3 Å². The van der Waals surface area contributed by atoms with Crippen molar-refractivity contribution in [3.63, 3.8) is 0 Å². The largest absolute Gasteiger partial charge is 0.399 e. The number of nitrogens with two attached hydrogens (primary N) is 1. The number of aryl methyl sites for hydroxylation is 1. The van der Waals surface area contributed by atoms with Crippen LogP contribution >= 0.6 is 0 Å². The fraction of sp³-hybridized carbons (Fsp3) is 0.500. The van der Waals surface area contributed by atoms with E-state index in [-0.39, 0.29) is 11.9 Å². The summed E-state index contributed by atoms with van der Waals surface area (Å²) in [5, 5.41) is 0. The molecule has 1 aromatic carbocycles. The first kappa shape index (κ1) is 19.6. The van der Waals surface area contributed by atoms with E-state index >= 15 is 0 Å². The molecule has 3 rings (SSSR count). The molecule has 1 saturated heterocycles. The van der Waals surface area contributed by atoms with Gasteiger partial charge in [-0.1, -0.05) is 0 Å². The molecule has 5 nitrogen and oxygen atoms in total. The zero-order chi connectivity index (χ0) is 19.6. The summed E-state index contributed by atoms with van der Waals surface area (Å²) in [5.41, 5.74) is 10.4. The summed E-state index contributed by atoms with van der Waals surface area (Å²) >= 11 is 0. The normalized spacial score (nSPS) is 16.2. The zero-order valence-corrected chi connectivity index (χ0v) is 16.9. The summed E-state index contributed by atoms with van der Waals surface area (Å²) in [4.78, 5) is 15.2. The molecule has 1 fully saturated rings. The SMILES string of the molecule is Cc1cc(C(=O)CN2CCC(OC(C)C)CC2)c(C)n1-c1ccc(N)cc1. The minimum absolute atomic E-state index is 0.188. The van der Waals surface area contributed by atoms with E-state index in [1.807, 2.05) is 44.2 Å². The lowest BCUT2D eigenvalue weighted by Gasteiger charge is -2.32. The molecule has 2 heterocycles. The van der Waals surface area contributed by atoms with E-state index < -0.39 is 0 Å². The Morgan fingerprint density at radius 3 is 2.41 bits per heavy atom. The molecule has 27 heavy (non-hydrogen) atoms. The van der Waals surface area contributed by atoms with E-state index in [2.05, 4.69) is 23.3 Å². The van der Waals surface area contributed by atoms with Gasteiger partial charge in [0.1, 0.15) is 0 Å². The van der Waals surface area contributed by atoms with Crippen LogP contribution in [0, 0.1) is 13.8 Å². The van der Waals surface area contributed by atoms with Gasteiger partial charge in [0.15, 0.2) is 5.78 Å². The lowest BCUT2D eigenvalue weighted by molar-refractivity contribution is -0.0258. The van der Waals surface area contributed by atoms with Crippen LogP contribution in [0.2, 0.25) is 0 Å². The Morgan fingerprint density at radius 1 is 1.19 bits per heavy atom. The number of anilines is 1. The number of ether oxygens (including phenoxy) is 1. The highest BCUT2D eigenvalue weighted by atomic mass is 16.5. The van der Waals surface area contributed by atoms with E-state index in [0.717, 1.165) is 54.3 Å². The van der Waals surface area contributed by atoms with E-state index in [1.165, 1.54) is 0 Å². The second-order valence-corrected chi connectivity index (χ2v) is 7.80. The van der Waals surface area contributed by atoms with Crippen LogP contribution in [0.25, 0.3) is 5.69 Å². The fourth-order valence-corrected chi connectivity index (χ4v) is 3.94. The Kier molecular flexibility index (Phi) is 6.02. The molecule has 0 unspecified atom stereocenters. The molecule has 2 aromatic rings. The number of benzene rings is 1. The van der Waals surface area contributed by atoms with Gasteiger partial charge in [-0.05, 0) is 70.9 Å². The zero-order valence-electron chi connectivity index (χ0n) is 16.9. The minimum atomic E-state index is 0.188. The fourth-order valence-electron chi connectivity index (χ4n) is 3.94. The average Bonchev–Trinajstić information content (AvgIpc) is 2.92. The highest BCUT2D eigenvalue weighted by molar-refractivity contribution is 5.99. The number of hydrogen-bond donors (Lipinski definition) is 1. The molecule has 0 atom stereocenters. The molecule has 0 bridgehead atoms. The maximum atomic E-state index is 12.9. The van der Waals surface area contributed by atoms with E-state index in [4.69, 9.17) is 10.5 Å². The Hall–Kier alpha value is -2.11. The first-order valence-corrected chi connectivity index (χ1v) is 9.81. The van der Waals surface area contributed by atoms with Crippen molar-refractivity contribution in [2.45, 2.75) is 52.7 Å². The standard InChI is InChI=1S/C22H31N3O2/c1-15(2)27-20-9-11-24(12-10-20)14-22(26)21-13-16(3)25(17(21)4)19-7-5-18(23)6-8-19/h5-8,13,15,20H,9-12,14,23H2,1-4H3. The van der Waals surface area contributed by atoms with Gasteiger partial charge >= 0.3 is 0 Å². The van der Waals surface area contributed by atoms with Crippen molar-refractivity contribution in [1.82, 2.24) is 9.47 Å². The van der Waals surface area contributed by atoms with Crippen molar-refractivity contribution in [1.29, 1.82) is 0 Å². The van der Waals surface area contributed by atoms with Crippen LogP contribution in [0.5, 0.6) is 0 Å². The number of ketones is 1. The van der Waals surface area contributed by atoms with Crippen LogP contribution in [0.1, 0.15) is 48.4 Å². The number of Topliss-reactive ketones (excluding diaryl/α,β-unsaturated/α-hetero) is 1. The lowest BCUT2D eigenvalue weighted by Crippen LogP contribution is -2.40. The van der Waals surface area contributed by atoms with Crippen LogP contribution in [0.3, 0.4) is 0 Å². The third-order valence-electron chi connectivity index (χ3n) is 5.25. The second-order valence-electron chi connectivity index (χ2n) is 7.80. The number of rotatable bonds is 6. The minimum Gasteiger partial charge on any atom is -0.399 e. The summed E-state index contributed by atoms with van der Waals surface area (Å²) in [6.07, 6.45) is 2.58. The first-order chi connectivity index (χ1) is 12.8. The van der Waals surface area contributed by atoms with Gasteiger partial charge < -0.3 is 15.0 Å².